The molecule has 1 saturated carbocycles. The van der Waals surface area contributed by atoms with Crippen molar-refractivity contribution in [1.29, 1.82) is 0 Å². The molecule has 0 bridgehead atoms. The summed E-state index contributed by atoms with van der Waals surface area (Å²) in [4.78, 5) is 13.0. The standard InChI is InChI=1S/C19H20OSe2/c20-18(15-9-7-8-10-15)19(21-16-11-3-1-4-12-16)22-17-13-5-2-6-14-17/h1-6,11-15,19H,7-10H2. The van der Waals surface area contributed by atoms with E-state index >= 15 is 0 Å². The first-order valence-electron chi connectivity index (χ1n) is 7.80. The molecular weight excluding hydrogens is 402 g/mol. The molecule has 0 N–H and O–H groups in total. The molecule has 1 aliphatic carbocycles. The number of ketones is 1. The number of hydrogen-bond acceptors (Lipinski definition) is 1. The van der Waals surface area contributed by atoms with Gasteiger partial charge in [0.2, 0.25) is 0 Å². The van der Waals surface area contributed by atoms with Crippen LogP contribution in [-0.4, -0.2) is 35.7 Å². The average molecular weight is 422 g/mol. The monoisotopic (exact) mass is 424 g/mol. The zero-order valence-electron chi connectivity index (χ0n) is 12.5. The van der Waals surface area contributed by atoms with Crippen molar-refractivity contribution in [2.24, 2.45) is 5.92 Å². The molecule has 0 heterocycles. The van der Waals surface area contributed by atoms with Gasteiger partial charge in [0.05, 0.1) is 0 Å². The summed E-state index contributed by atoms with van der Waals surface area (Å²) < 4.78 is 2.95. The van der Waals surface area contributed by atoms with Gasteiger partial charge in [0.15, 0.2) is 0 Å². The Morgan fingerprint density at radius 1 is 0.818 bits per heavy atom. The molecular formula is C19H20OSe2. The van der Waals surface area contributed by atoms with E-state index in [0.717, 1.165) is 12.8 Å². The molecule has 1 fully saturated rings. The van der Waals surface area contributed by atoms with Crippen LogP contribution in [0.2, 0.25) is 3.71 Å². The number of Topliss-reactive ketones (excluding diaryl/α,β-unsaturated/α-hetero) is 1. The molecule has 2 aromatic rings. The summed E-state index contributed by atoms with van der Waals surface area (Å²) in [5, 5.41) is 0. The Balaban J connectivity index is 1.76. The predicted octanol–water partition coefficient (Wildman–Crippen LogP) is 2.55. The van der Waals surface area contributed by atoms with Crippen LogP contribution in [0, 0.1) is 5.92 Å². The first-order valence-corrected chi connectivity index (χ1v) is 11.5. The zero-order valence-corrected chi connectivity index (χ0v) is 15.9. The van der Waals surface area contributed by atoms with Crippen LogP contribution in [0.1, 0.15) is 25.7 Å². The number of benzene rings is 2. The summed E-state index contributed by atoms with van der Waals surface area (Å²) in [7, 11) is 0. The van der Waals surface area contributed by atoms with Crippen LogP contribution in [-0.2, 0) is 4.79 Å². The minimum absolute atomic E-state index is 0.243. The van der Waals surface area contributed by atoms with Gasteiger partial charge in [-0.15, -0.1) is 0 Å². The number of carbonyl (C=O) groups excluding carboxylic acids is 1. The summed E-state index contributed by atoms with van der Waals surface area (Å²) in [5.74, 6) is 0.881. The van der Waals surface area contributed by atoms with Gasteiger partial charge in [-0.1, -0.05) is 0 Å². The summed E-state index contributed by atoms with van der Waals surface area (Å²) >= 11 is 0.494. The molecule has 114 valence electrons. The van der Waals surface area contributed by atoms with E-state index in [2.05, 4.69) is 60.7 Å². The Morgan fingerprint density at radius 3 is 1.73 bits per heavy atom. The Labute approximate surface area is 145 Å². The number of rotatable bonds is 6. The Bertz CT molecular complexity index is 550. The van der Waals surface area contributed by atoms with Crippen molar-refractivity contribution < 1.29 is 4.79 Å². The second-order valence-electron chi connectivity index (χ2n) is 5.58. The minimum atomic E-state index is 0.243. The maximum absolute atomic E-state index is 13.0. The van der Waals surface area contributed by atoms with E-state index < -0.39 is 0 Å². The maximum atomic E-state index is 13.0. The van der Waals surface area contributed by atoms with Crippen LogP contribution in [0.25, 0.3) is 0 Å². The van der Waals surface area contributed by atoms with E-state index in [1.54, 1.807) is 0 Å². The van der Waals surface area contributed by atoms with Crippen molar-refractivity contribution in [2.75, 3.05) is 0 Å². The molecule has 0 aromatic heterocycles. The van der Waals surface area contributed by atoms with E-state index in [1.807, 2.05) is 0 Å². The van der Waals surface area contributed by atoms with Gasteiger partial charge in [-0.3, -0.25) is 0 Å². The van der Waals surface area contributed by atoms with Gasteiger partial charge in [0, 0.05) is 0 Å². The van der Waals surface area contributed by atoms with Crippen LogP contribution >= 0.6 is 0 Å². The quantitative estimate of drug-likeness (QED) is 0.655. The van der Waals surface area contributed by atoms with Crippen LogP contribution in [0.15, 0.2) is 60.7 Å². The summed E-state index contributed by atoms with van der Waals surface area (Å²) in [6.45, 7) is 0. The van der Waals surface area contributed by atoms with Crippen molar-refractivity contribution in [2.45, 2.75) is 29.4 Å². The molecule has 3 heteroatoms. The van der Waals surface area contributed by atoms with E-state index in [9.17, 15) is 4.79 Å². The Morgan fingerprint density at radius 2 is 1.27 bits per heavy atom. The third-order valence-corrected chi connectivity index (χ3v) is 10.2. The van der Waals surface area contributed by atoms with Crippen LogP contribution < -0.4 is 8.92 Å². The molecule has 0 aliphatic heterocycles. The molecule has 0 unspecified atom stereocenters. The Kier molecular flexibility index (Phi) is 5.92. The van der Waals surface area contributed by atoms with Crippen LogP contribution in [0.4, 0.5) is 0 Å². The fourth-order valence-corrected chi connectivity index (χ4v) is 9.49. The van der Waals surface area contributed by atoms with Crippen LogP contribution in [0.3, 0.4) is 0 Å². The van der Waals surface area contributed by atoms with Crippen molar-refractivity contribution in [3.63, 3.8) is 0 Å². The molecule has 0 radical (unpaired) electrons. The SMILES string of the molecule is O=C(C1CCCC1)C([Se]c1ccccc1)[Se]c1ccccc1. The fraction of sp³-hybridized carbons (Fsp3) is 0.316. The average Bonchev–Trinajstić information content (AvgIpc) is 3.10. The van der Waals surface area contributed by atoms with E-state index in [0.29, 0.717) is 11.7 Å². The van der Waals surface area contributed by atoms with Gasteiger partial charge in [-0.25, -0.2) is 0 Å². The third kappa shape index (κ3) is 4.33. The van der Waals surface area contributed by atoms with Crippen LogP contribution in [0.5, 0.6) is 0 Å². The topological polar surface area (TPSA) is 17.1 Å². The fourth-order valence-electron chi connectivity index (χ4n) is 2.79. The molecule has 0 atom stereocenters. The van der Waals surface area contributed by atoms with Gasteiger partial charge < -0.3 is 0 Å². The van der Waals surface area contributed by atoms with E-state index in [1.165, 1.54) is 21.8 Å². The van der Waals surface area contributed by atoms with Gasteiger partial charge in [-0.05, 0) is 0 Å². The Hall–Kier alpha value is -0.851. The van der Waals surface area contributed by atoms with E-state index in [4.69, 9.17) is 0 Å². The second-order valence-corrected chi connectivity index (χ2v) is 12.0. The predicted molar refractivity (Wildman–Crippen MR) is 94.4 cm³/mol. The molecule has 0 spiro atoms. The first-order chi connectivity index (χ1) is 10.8. The molecule has 1 nitrogen and oxygen atoms in total. The van der Waals surface area contributed by atoms with E-state index in [-0.39, 0.29) is 33.6 Å². The summed E-state index contributed by atoms with van der Waals surface area (Å²) in [6.07, 6.45) is 4.70. The second kappa shape index (κ2) is 8.13. The summed E-state index contributed by atoms with van der Waals surface area (Å²) in [6, 6.07) is 21.2. The molecule has 0 amide bonds. The van der Waals surface area contributed by atoms with Crippen molar-refractivity contribution in [3.05, 3.63) is 60.7 Å². The van der Waals surface area contributed by atoms with Crippen molar-refractivity contribution >= 4 is 44.6 Å². The normalized spacial score (nSPS) is 15.3. The van der Waals surface area contributed by atoms with Gasteiger partial charge >= 0.3 is 145 Å². The van der Waals surface area contributed by atoms with Crippen molar-refractivity contribution in [3.8, 4) is 0 Å². The molecule has 22 heavy (non-hydrogen) atoms. The zero-order chi connectivity index (χ0) is 15.2. The molecule has 2 aromatic carbocycles. The number of hydrogen-bond donors (Lipinski definition) is 0. The molecule has 1 aliphatic rings. The van der Waals surface area contributed by atoms with Crippen molar-refractivity contribution in [1.82, 2.24) is 0 Å². The third-order valence-electron chi connectivity index (χ3n) is 3.96. The van der Waals surface area contributed by atoms with Gasteiger partial charge in [0.25, 0.3) is 0 Å². The molecule has 0 saturated heterocycles. The number of carbonyl (C=O) groups is 1. The van der Waals surface area contributed by atoms with Gasteiger partial charge in [0.1, 0.15) is 0 Å². The summed E-state index contributed by atoms with van der Waals surface area (Å²) in [5.41, 5.74) is 0. The molecule has 3 rings (SSSR count). The van der Waals surface area contributed by atoms with Gasteiger partial charge in [-0.2, -0.15) is 0 Å². The first kappa shape index (κ1) is 16.0.